The van der Waals surface area contributed by atoms with Gasteiger partial charge in [0.05, 0.1) is 11.8 Å². The third-order valence-corrected chi connectivity index (χ3v) is 5.31. The number of benzene rings is 2. The van der Waals surface area contributed by atoms with Gasteiger partial charge in [-0.15, -0.1) is 0 Å². The van der Waals surface area contributed by atoms with Crippen LogP contribution in [0.15, 0.2) is 53.6 Å². The lowest BCUT2D eigenvalue weighted by molar-refractivity contribution is 0.304. The minimum atomic E-state index is -0.224. The predicted molar refractivity (Wildman–Crippen MR) is 102 cm³/mol. The first kappa shape index (κ1) is 16.2. The van der Waals surface area contributed by atoms with Crippen LogP contribution in [0.3, 0.4) is 0 Å². The summed E-state index contributed by atoms with van der Waals surface area (Å²) in [5.41, 5.74) is 4.69. The minimum Gasteiger partial charge on any atom is -0.361 e. The van der Waals surface area contributed by atoms with Crippen LogP contribution < -0.4 is 5.32 Å². The van der Waals surface area contributed by atoms with Gasteiger partial charge < -0.3 is 5.32 Å². The van der Waals surface area contributed by atoms with Gasteiger partial charge in [0.1, 0.15) is 5.82 Å². The third kappa shape index (κ3) is 2.82. The molecule has 1 aliphatic heterocycles. The number of hydrogen-bond donors (Lipinski definition) is 1. The molecule has 0 spiro atoms. The first-order chi connectivity index (χ1) is 12.2. The summed E-state index contributed by atoms with van der Waals surface area (Å²) in [4.78, 5) is 0. The van der Waals surface area contributed by atoms with Gasteiger partial charge in [-0.05, 0) is 55.2 Å². The molecule has 0 saturated heterocycles. The Morgan fingerprint density at radius 3 is 2.76 bits per heavy atom. The second-order valence-corrected chi connectivity index (χ2v) is 6.85. The molecule has 0 amide bonds. The zero-order valence-corrected chi connectivity index (χ0v) is 14.9. The van der Waals surface area contributed by atoms with Gasteiger partial charge in [-0.2, -0.15) is 5.10 Å². The fourth-order valence-corrected chi connectivity index (χ4v) is 4.16. The summed E-state index contributed by atoms with van der Waals surface area (Å²) < 4.78 is 13.4. The maximum absolute atomic E-state index is 13.4. The van der Waals surface area contributed by atoms with Crippen molar-refractivity contribution in [2.45, 2.75) is 25.8 Å². The first-order valence-corrected chi connectivity index (χ1v) is 9.09. The van der Waals surface area contributed by atoms with E-state index in [-0.39, 0.29) is 17.8 Å². The Morgan fingerprint density at radius 1 is 1.24 bits per heavy atom. The van der Waals surface area contributed by atoms with Crippen LogP contribution in [0.25, 0.3) is 0 Å². The summed E-state index contributed by atoms with van der Waals surface area (Å²) in [7, 11) is 0. The molecule has 2 aliphatic rings. The maximum atomic E-state index is 13.4. The minimum absolute atomic E-state index is 0.00973. The lowest BCUT2D eigenvalue weighted by Gasteiger charge is -2.30. The van der Waals surface area contributed by atoms with Gasteiger partial charge in [-0.1, -0.05) is 36.4 Å². The zero-order valence-electron chi connectivity index (χ0n) is 14.1. The van der Waals surface area contributed by atoms with Crippen molar-refractivity contribution in [2.24, 2.45) is 11.0 Å². The van der Waals surface area contributed by atoms with Gasteiger partial charge >= 0.3 is 0 Å². The monoisotopic (exact) mass is 353 g/mol. The second-order valence-electron chi connectivity index (χ2n) is 6.46. The lowest BCUT2D eigenvalue weighted by Crippen LogP contribution is -2.38. The molecule has 2 aromatic rings. The smallest absolute Gasteiger partial charge is 0.190 e. The molecule has 0 radical (unpaired) electrons. The van der Waals surface area contributed by atoms with Crippen LogP contribution in [0.2, 0.25) is 0 Å². The number of hydrogen-bond acceptors (Lipinski definition) is 2. The molecule has 1 aliphatic carbocycles. The average molecular weight is 353 g/mol. The normalized spacial score (nSPS) is 21.4. The molecule has 3 nitrogen and oxygen atoms in total. The largest absolute Gasteiger partial charge is 0.361 e. The number of nitrogens with one attached hydrogen (secondary N) is 1. The average Bonchev–Trinajstić information content (AvgIpc) is 3.03. The molecule has 0 aromatic heterocycles. The van der Waals surface area contributed by atoms with E-state index in [9.17, 15) is 4.39 Å². The van der Waals surface area contributed by atoms with Gasteiger partial charge in [0.25, 0.3) is 0 Å². The quantitative estimate of drug-likeness (QED) is 0.826. The van der Waals surface area contributed by atoms with E-state index in [2.05, 4.69) is 29.6 Å². The van der Waals surface area contributed by atoms with Crippen LogP contribution in [0.5, 0.6) is 0 Å². The van der Waals surface area contributed by atoms with E-state index in [0.717, 1.165) is 30.7 Å². The molecule has 25 heavy (non-hydrogen) atoms. The van der Waals surface area contributed by atoms with E-state index >= 15 is 0 Å². The summed E-state index contributed by atoms with van der Waals surface area (Å²) in [6, 6.07) is 15.2. The first-order valence-electron chi connectivity index (χ1n) is 8.68. The Kier molecular flexibility index (Phi) is 4.25. The molecule has 1 heterocycles. The number of rotatable bonds is 2. The van der Waals surface area contributed by atoms with Crippen LogP contribution in [-0.4, -0.2) is 22.4 Å². The summed E-state index contributed by atoms with van der Waals surface area (Å²) in [6.45, 7) is 2.77. The van der Waals surface area contributed by atoms with Crippen molar-refractivity contribution < 1.29 is 4.39 Å². The Labute approximate surface area is 152 Å². The third-order valence-electron chi connectivity index (χ3n) is 4.98. The maximum Gasteiger partial charge on any atom is 0.190 e. The van der Waals surface area contributed by atoms with Crippen molar-refractivity contribution in [2.75, 3.05) is 6.54 Å². The Balaban J connectivity index is 1.78. The van der Waals surface area contributed by atoms with Gasteiger partial charge in [-0.25, -0.2) is 9.40 Å². The van der Waals surface area contributed by atoms with Crippen LogP contribution in [-0.2, 0) is 6.42 Å². The molecule has 0 saturated carbocycles. The highest BCUT2D eigenvalue weighted by atomic mass is 32.1. The molecular formula is C20H20FN3S. The highest BCUT2D eigenvalue weighted by molar-refractivity contribution is 7.80. The molecule has 0 unspecified atom stereocenters. The number of nitrogens with zero attached hydrogens (tertiary/aromatic N) is 2. The summed E-state index contributed by atoms with van der Waals surface area (Å²) in [6.07, 6.45) is 2.04. The molecule has 1 N–H and O–H groups in total. The van der Waals surface area contributed by atoms with Crippen molar-refractivity contribution in [1.82, 2.24) is 10.3 Å². The van der Waals surface area contributed by atoms with Crippen molar-refractivity contribution >= 4 is 23.0 Å². The van der Waals surface area contributed by atoms with Crippen LogP contribution in [0, 0.1) is 11.7 Å². The highest BCUT2D eigenvalue weighted by Crippen LogP contribution is 2.43. The summed E-state index contributed by atoms with van der Waals surface area (Å²) in [5.74, 6) is 0.0367. The van der Waals surface area contributed by atoms with Gasteiger partial charge in [-0.3, -0.25) is 0 Å². The van der Waals surface area contributed by atoms with E-state index < -0.39 is 0 Å². The number of aryl methyl sites for hydroxylation is 1. The van der Waals surface area contributed by atoms with Gasteiger partial charge in [0.15, 0.2) is 5.11 Å². The van der Waals surface area contributed by atoms with Crippen LogP contribution in [0.4, 0.5) is 4.39 Å². The molecule has 4 rings (SSSR count). The number of hydrazone groups is 1. The molecule has 5 heteroatoms. The topological polar surface area (TPSA) is 27.6 Å². The van der Waals surface area contributed by atoms with E-state index in [1.54, 1.807) is 0 Å². The molecule has 2 aromatic carbocycles. The molecule has 0 bridgehead atoms. The SMILES string of the molecule is CCNC(=S)N1N=C2c3ccccc3CC[C@H]2[C@@H]1c1ccc(F)cc1. The van der Waals surface area contributed by atoms with E-state index in [4.69, 9.17) is 17.3 Å². The van der Waals surface area contributed by atoms with Crippen molar-refractivity contribution in [1.29, 1.82) is 0 Å². The highest BCUT2D eigenvalue weighted by Gasteiger charge is 2.42. The standard InChI is InChI=1S/C20H20FN3S/c1-2-22-20(25)24-19(14-7-10-15(21)11-8-14)17-12-9-13-5-3-4-6-16(13)18(17)23-24/h3-8,10-11,17,19H,2,9,12H2,1H3,(H,22,25)/t17-,19+/m1/s1. The Hall–Kier alpha value is -2.27. The second kappa shape index (κ2) is 6.56. The zero-order chi connectivity index (χ0) is 17.4. The number of halogens is 1. The van der Waals surface area contributed by atoms with E-state index in [1.165, 1.54) is 23.3 Å². The van der Waals surface area contributed by atoms with Crippen molar-refractivity contribution in [3.63, 3.8) is 0 Å². The number of fused-ring (bicyclic) bond motifs is 3. The van der Waals surface area contributed by atoms with Crippen molar-refractivity contribution in [3.8, 4) is 0 Å². The summed E-state index contributed by atoms with van der Waals surface area (Å²) in [5, 5.41) is 10.6. The van der Waals surface area contributed by atoms with E-state index in [0.29, 0.717) is 5.11 Å². The molecule has 128 valence electrons. The molecule has 0 fully saturated rings. The van der Waals surface area contributed by atoms with Crippen LogP contribution >= 0.6 is 12.2 Å². The Bertz CT molecular complexity index is 831. The van der Waals surface area contributed by atoms with Crippen molar-refractivity contribution in [3.05, 3.63) is 71.0 Å². The molecule has 2 atom stereocenters. The lowest BCUT2D eigenvalue weighted by atomic mass is 9.77. The number of thiocarbonyl (C=S) groups is 1. The van der Waals surface area contributed by atoms with Crippen LogP contribution in [0.1, 0.15) is 36.1 Å². The molecular weight excluding hydrogens is 333 g/mol. The Morgan fingerprint density at radius 2 is 2.00 bits per heavy atom. The fraction of sp³-hybridized carbons (Fsp3) is 0.300. The fourth-order valence-electron chi connectivity index (χ4n) is 3.86. The van der Waals surface area contributed by atoms with E-state index in [1.807, 2.05) is 24.1 Å². The summed E-state index contributed by atoms with van der Waals surface area (Å²) >= 11 is 5.57. The van der Waals surface area contributed by atoms with Gasteiger partial charge in [0, 0.05) is 18.0 Å². The predicted octanol–water partition coefficient (Wildman–Crippen LogP) is 4.04. The van der Waals surface area contributed by atoms with Gasteiger partial charge in [0.2, 0.25) is 0 Å².